The van der Waals surface area contributed by atoms with E-state index in [4.69, 9.17) is 0 Å². The minimum atomic E-state index is -0.198. The van der Waals surface area contributed by atoms with Gasteiger partial charge in [0.25, 0.3) is 0 Å². The van der Waals surface area contributed by atoms with Crippen LogP contribution in [0.2, 0.25) is 0 Å². The highest BCUT2D eigenvalue weighted by molar-refractivity contribution is 5.78. The van der Waals surface area contributed by atoms with Crippen LogP contribution in [0.5, 0.6) is 0 Å². The second-order valence-electron chi connectivity index (χ2n) is 5.17. The molecule has 0 fully saturated rings. The summed E-state index contributed by atoms with van der Waals surface area (Å²) in [4.78, 5) is 16.1. The third-order valence-corrected chi connectivity index (χ3v) is 2.27. The fourth-order valence-corrected chi connectivity index (χ4v) is 1.70. The summed E-state index contributed by atoms with van der Waals surface area (Å²) in [7, 11) is 0. The van der Waals surface area contributed by atoms with Gasteiger partial charge in [0, 0.05) is 17.9 Å². The Morgan fingerprint density at radius 1 is 1.41 bits per heavy atom. The lowest BCUT2D eigenvalue weighted by Gasteiger charge is -2.19. The van der Waals surface area contributed by atoms with Crippen LogP contribution in [0.4, 0.5) is 0 Å². The highest BCUT2D eigenvalue weighted by Gasteiger charge is 2.15. The van der Waals surface area contributed by atoms with Crippen molar-refractivity contribution in [1.29, 1.82) is 0 Å². The van der Waals surface area contributed by atoms with E-state index < -0.39 is 0 Å². The molecule has 0 aromatic carbocycles. The predicted molar refractivity (Wildman–Crippen MR) is 66.8 cm³/mol. The maximum Gasteiger partial charge on any atom is 0.226 e. The van der Waals surface area contributed by atoms with Gasteiger partial charge in [-0.25, -0.2) is 4.98 Å². The summed E-state index contributed by atoms with van der Waals surface area (Å²) < 4.78 is 1.92. The molecule has 0 aliphatic carbocycles. The Labute approximate surface area is 101 Å². The molecule has 0 unspecified atom stereocenters. The topological polar surface area (TPSA) is 46.4 Å². The first-order chi connectivity index (χ1) is 7.94. The number of nitrogens with one attached hydrogen (secondary N) is 1. The molecule has 90 valence electrons. The molecule has 17 heavy (non-hydrogen) atoms. The van der Waals surface area contributed by atoms with Crippen LogP contribution in [-0.4, -0.2) is 20.8 Å². The van der Waals surface area contributed by atoms with E-state index in [9.17, 15) is 4.79 Å². The van der Waals surface area contributed by atoms with Gasteiger partial charge in [-0.3, -0.25) is 4.79 Å². The maximum absolute atomic E-state index is 11.7. The molecule has 0 bridgehead atoms. The zero-order valence-electron chi connectivity index (χ0n) is 10.4. The van der Waals surface area contributed by atoms with Crippen molar-refractivity contribution < 1.29 is 4.79 Å². The number of rotatable bonds is 2. The third-order valence-electron chi connectivity index (χ3n) is 2.27. The number of carbonyl (C=O) groups excluding carboxylic acids is 1. The van der Waals surface area contributed by atoms with Gasteiger partial charge in [0.05, 0.1) is 12.1 Å². The summed E-state index contributed by atoms with van der Waals surface area (Å²) in [5, 5.41) is 2.92. The Bertz CT molecular complexity index is 504. The van der Waals surface area contributed by atoms with Gasteiger partial charge in [-0.05, 0) is 32.9 Å². The summed E-state index contributed by atoms with van der Waals surface area (Å²) in [5.41, 5.74) is 1.46. The van der Waals surface area contributed by atoms with E-state index in [1.807, 2.05) is 55.8 Å². The molecule has 2 aromatic heterocycles. The lowest BCUT2D eigenvalue weighted by atomic mass is 10.1. The second kappa shape index (κ2) is 4.20. The fourth-order valence-electron chi connectivity index (χ4n) is 1.70. The van der Waals surface area contributed by atoms with Crippen LogP contribution < -0.4 is 5.32 Å². The van der Waals surface area contributed by atoms with Gasteiger partial charge >= 0.3 is 0 Å². The molecule has 0 spiro atoms. The van der Waals surface area contributed by atoms with Crippen LogP contribution in [0.15, 0.2) is 30.6 Å². The van der Waals surface area contributed by atoms with Gasteiger partial charge in [-0.1, -0.05) is 6.07 Å². The van der Waals surface area contributed by atoms with Gasteiger partial charge in [0.1, 0.15) is 5.65 Å². The van der Waals surface area contributed by atoms with Crippen molar-refractivity contribution in [3.8, 4) is 0 Å². The molecule has 2 rings (SSSR count). The third kappa shape index (κ3) is 3.06. The van der Waals surface area contributed by atoms with Crippen molar-refractivity contribution in [1.82, 2.24) is 14.7 Å². The second-order valence-corrected chi connectivity index (χ2v) is 5.17. The Kier molecular flexibility index (Phi) is 2.88. The first-order valence-corrected chi connectivity index (χ1v) is 5.68. The van der Waals surface area contributed by atoms with Crippen LogP contribution in [-0.2, 0) is 11.2 Å². The molecule has 1 amide bonds. The number of hydrogen-bond donors (Lipinski definition) is 1. The molecular weight excluding hydrogens is 214 g/mol. The number of nitrogens with zero attached hydrogens (tertiary/aromatic N) is 2. The average molecular weight is 231 g/mol. The summed E-state index contributed by atoms with van der Waals surface area (Å²) in [6, 6.07) is 5.79. The fraction of sp³-hybridized carbons (Fsp3) is 0.385. The van der Waals surface area contributed by atoms with E-state index in [0.717, 1.165) is 11.3 Å². The number of fused-ring (bicyclic) bond motifs is 1. The van der Waals surface area contributed by atoms with E-state index in [1.54, 1.807) is 0 Å². The lowest BCUT2D eigenvalue weighted by molar-refractivity contribution is -0.121. The summed E-state index contributed by atoms with van der Waals surface area (Å²) in [5.74, 6) is 0.000839. The van der Waals surface area contributed by atoms with E-state index in [1.165, 1.54) is 0 Å². The normalized spacial score (nSPS) is 11.7. The van der Waals surface area contributed by atoms with Crippen molar-refractivity contribution >= 4 is 11.6 Å². The Balaban J connectivity index is 2.11. The first-order valence-electron chi connectivity index (χ1n) is 5.68. The van der Waals surface area contributed by atoms with Gasteiger partial charge in [-0.2, -0.15) is 0 Å². The maximum atomic E-state index is 11.7. The SMILES string of the molecule is CC(C)(C)NC(=O)Cc1cn2ccccc2n1. The van der Waals surface area contributed by atoms with Crippen LogP contribution in [0.1, 0.15) is 26.5 Å². The quantitative estimate of drug-likeness (QED) is 0.856. The summed E-state index contributed by atoms with van der Waals surface area (Å²) in [6.07, 6.45) is 4.13. The Morgan fingerprint density at radius 3 is 2.82 bits per heavy atom. The smallest absolute Gasteiger partial charge is 0.226 e. The van der Waals surface area contributed by atoms with Crippen LogP contribution in [0.3, 0.4) is 0 Å². The van der Waals surface area contributed by atoms with Crippen molar-refractivity contribution in [3.63, 3.8) is 0 Å². The average Bonchev–Trinajstić information content (AvgIpc) is 2.55. The number of pyridine rings is 1. The zero-order valence-corrected chi connectivity index (χ0v) is 10.4. The minimum Gasteiger partial charge on any atom is -0.351 e. The molecule has 0 saturated heterocycles. The van der Waals surface area contributed by atoms with Crippen LogP contribution in [0.25, 0.3) is 5.65 Å². The molecule has 0 aliphatic heterocycles. The van der Waals surface area contributed by atoms with Gasteiger partial charge in [0.2, 0.25) is 5.91 Å². The number of carbonyl (C=O) groups is 1. The monoisotopic (exact) mass is 231 g/mol. The molecule has 4 heteroatoms. The highest BCUT2D eigenvalue weighted by Crippen LogP contribution is 2.06. The zero-order chi connectivity index (χ0) is 12.5. The number of hydrogen-bond acceptors (Lipinski definition) is 2. The highest BCUT2D eigenvalue weighted by atomic mass is 16.1. The van der Waals surface area contributed by atoms with Crippen LogP contribution in [0, 0.1) is 0 Å². The Hall–Kier alpha value is -1.84. The molecular formula is C13H17N3O. The van der Waals surface area contributed by atoms with E-state index in [0.29, 0.717) is 6.42 Å². The van der Waals surface area contributed by atoms with E-state index in [2.05, 4.69) is 10.3 Å². The first kappa shape index (κ1) is 11.6. The number of amides is 1. The largest absolute Gasteiger partial charge is 0.351 e. The predicted octanol–water partition coefficient (Wildman–Crippen LogP) is 1.79. The minimum absolute atomic E-state index is 0.000839. The van der Waals surface area contributed by atoms with Gasteiger partial charge in [0.15, 0.2) is 0 Å². The van der Waals surface area contributed by atoms with Gasteiger partial charge < -0.3 is 9.72 Å². The number of imidazole rings is 1. The standard InChI is InChI=1S/C13H17N3O/c1-13(2,3)15-12(17)8-10-9-16-7-5-4-6-11(16)14-10/h4-7,9H,8H2,1-3H3,(H,15,17). The molecule has 1 N–H and O–H groups in total. The molecule has 0 atom stereocenters. The van der Waals surface area contributed by atoms with Crippen molar-refractivity contribution in [2.45, 2.75) is 32.7 Å². The Morgan fingerprint density at radius 2 is 2.18 bits per heavy atom. The molecule has 4 nitrogen and oxygen atoms in total. The van der Waals surface area contributed by atoms with E-state index >= 15 is 0 Å². The summed E-state index contributed by atoms with van der Waals surface area (Å²) in [6.45, 7) is 5.90. The van der Waals surface area contributed by atoms with Gasteiger partial charge in [-0.15, -0.1) is 0 Å². The molecule has 2 aromatic rings. The molecule has 2 heterocycles. The summed E-state index contributed by atoms with van der Waals surface area (Å²) >= 11 is 0. The van der Waals surface area contributed by atoms with Crippen molar-refractivity contribution in [3.05, 3.63) is 36.3 Å². The molecule has 0 radical (unpaired) electrons. The lowest BCUT2D eigenvalue weighted by Crippen LogP contribution is -2.41. The van der Waals surface area contributed by atoms with Crippen LogP contribution >= 0.6 is 0 Å². The number of aromatic nitrogens is 2. The van der Waals surface area contributed by atoms with E-state index in [-0.39, 0.29) is 11.4 Å². The van der Waals surface area contributed by atoms with Crippen molar-refractivity contribution in [2.75, 3.05) is 0 Å². The van der Waals surface area contributed by atoms with Crippen molar-refractivity contribution in [2.24, 2.45) is 0 Å². The molecule has 0 aliphatic rings. The molecule has 0 saturated carbocycles.